The summed E-state index contributed by atoms with van der Waals surface area (Å²) in [7, 11) is -3.46. The van der Waals surface area contributed by atoms with Crippen LogP contribution in [-0.4, -0.2) is 33.2 Å². The summed E-state index contributed by atoms with van der Waals surface area (Å²) in [5, 5.41) is 2.77. The Morgan fingerprint density at radius 2 is 1.78 bits per heavy atom. The van der Waals surface area contributed by atoms with Crippen molar-refractivity contribution < 1.29 is 22.7 Å². The molecule has 0 spiro atoms. The third-order valence-corrected chi connectivity index (χ3v) is 4.46. The molecule has 0 aliphatic carbocycles. The monoisotopic (exact) mass is 390 g/mol. The molecule has 0 aliphatic rings. The zero-order valence-corrected chi connectivity index (χ0v) is 16.4. The number of hydrogen-bond donors (Lipinski definition) is 2. The highest BCUT2D eigenvalue weighted by molar-refractivity contribution is 7.92. The van der Waals surface area contributed by atoms with Gasteiger partial charge in [0.15, 0.2) is 0 Å². The maximum absolute atomic E-state index is 12.7. The summed E-state index contributed by atoms with van der Waals surface area (Å²) >= 11 is 0. The molecular weight excluding hydrogens is 368 g/mol. The summed E-state index contributed by atoms with van der Waals surface area (Å²) in [5.74, 6) is -0.878. The van der Waals surface area contributed by atoms with Crippen molar-refractivity contribution in [3.63, 3.8) is 0 Å². The van der Waals surface area contributed by atoms with Crippen molar-refractivity contribution in [2.24, 2.45) is 0 Å². The molecule has 27 heavy (non-hydrogen) atoms. The highest BCUT2D eigenvalue weighted by atomic mass is 32.2. The summed E-state index contributed by atoms with van der Waals surface area (Å²) in [5.41, 5.74) is 2.75. The summed E-state index contributed by atoms with van der Waals surface area (Å²) in [6.45, 7) is 5.44. The molecule has 2 aromatic carbocycles. The van der Waals surface area contributed by atoms with Crippen LogP contribution in [0.4, 0.5) is 11.4 Å². The van der Waals surface area contributed by atoms with Crippen LogP contribution < -0.4 is 10.0 Å². The number of aryl methyl sites for hydroxylation is 1. The van der Waals surface area contributed by atoms with E-state index in [1.807, 2.05) is 0 Å². The molecule has 8 heteroatoms. The van der Waals surface area contributed by atoms with Crippen LogP contribution in [0.5, 0.6) is 0 Å². The average molecular weight is 390 g/mol. The fourth-order valence-corrected chi connectivity index (χ4v) is 3.10. The maximum Gasteiger partial charge on any atom is 0.338 e. The molecule has 0 fully saturated rings. The number of rotatable bonds is 6. The van der Waals surface area contributed by atoms with Crippen LogP contribution in [-0.2, 0) is 14.8 Å². The Bertz CT molecular complexity index is 984. The van der Waals surface area contributed by atoms with E-state index < -0.39 is 21.9 Å². The van der Waals surface area contributed by atoms with E-state index in [2.05, 4.69) is 10.0 Å². The molecule has 0 saturated heterocycles. The van der Waals surface area contributed by atoms with Crippen molar-refractivity contribution in [2.75, 3.05) is 22.9 Å². The number of sulfonamides is 1. The normalized spacial score (nSPS) is 11.0. The fraction of sp³-hybridized carbons (Fsp3) is 0.263. The van der Waals surface area contributed by atoms with E-state index in [0.717, 1.165) is 11.8 Å². The summed E-state index contributed by atoms with van der Waals surface area (Å²) in [4.78, 5) is 24.6. The van der Waals surface area contributed by atoms with E-state index >= 15 is 0 Å². The number of ether oxygens (including phenoxy) is 1. The number of amides is 1. The number of hydrogen-bond acceptors (Lipinski definition) is 5. The van der Waals surface area contributed by atoms with Crippen LogP contribution >= 0.6 is 0 Å². The van der Waals surface area contributed by atoms with Crippen LogP contribution in [0.15, 0.2) is 36.4 Å². The van der Waals surface area contributed by atoms with Gasteiger partial charge in [-0.25, -0.2) is 13.2 Å². The number of nitrogens with one attached hydrogen (secondary N) is 2. The number of carbonyl (C=O) groups excluding carboxylic acids is 2. The number of carbonyl (C=O) groups is 2. The lowest BCUT2D eigenvalue weighted by atomic mass is 10.1. The summed E-state index contributed by atoms with van der Waals surface area (Å²) < 4.78 is 30.3. The van der Waals surface area contributed by atoms with Gasteiger partial charge in [0.05, 0.1) is 24.1 Å². The Labute approximate surface area is 158 Å². The number of benzene rings is 2. The largest absolute Gasteiger partial charge is 0.462 e. The molecule has 144 valence electrons. The first-order valence-corrected chi connectivity index (χ1v) is 10.2. The Morgan fingerprint density at radius 3 is 2.41 bits per heavy atom. The molecule has 0 heterocycles. The van der Waals surface area contributed by atoms with Gasteiger partial charge in [-0.1, -0.05) is 12.1 Å². The van der Waals surface area contributed by atoms with E-state index in [-0.39, 0.29) is 6.61 Å². The van der Waals surface area contributed by atoms with Gasteiger partial charge in [-0.15, -0.1) is 0 Å². The Hall–Kier alpha value is -2.87. The van der Waals surface area contributed by atoms with Gasteiger partial charge >= 0.3 is 5.97 Å². The predicted octanol–water partition coefficient (Wildman–Crippen LogP) is 3.10. The Balaban J connectivity index is 2.31. The van der Waals surface area contributed by atoms with Gasteiger partial charge in [0.2, 0.25) is 10.0 Å². The van der Waals surface area contributed by atoms with Gasteiger partial charge in [0, 0.05) is 11.3 Å². The van der Waals surface area contributed by atoms with Crippen LogP contribution in [0, 0.1) is 13.8 Å². The van der Waals surface area contributed by atoms with Crippen LogP contribution in [0.3, 0.4) is 0 Å². The number of esters is 1. The van der Waals surface area contributed by atoms with Crippen molar-refractivity contribution in [1.82, 2.24) is 0 Å². The van der Waals surface area contributed by atoms with Gasteiger partial charge in [-0.05, 0) is 56.2 Å². The van der Waals surface area contributed by atoms with E-state index in [1.54, 1.807) is 57.2 Å². The standard InChI is InChI=1S/C19H22N2O5S/c1-5-26-19(23)14-10-9-12(2)17(11-14)20-18(22)15-7-6-8-16(13(15)3)21-27(4,24)25/h6-11,21H,5H2,1-4H3,(H,20,22). The molecule has 0 unspecified atom stereocenters. The summed E-state index contributed by atoms with van der Waals surface area (Å²) in [6, 6.07) is 9.68. The third-order valence-electron chi connectivity index (χ3n) is 3.87. The molecule has 0 bridgehead atoms. The smallest absolute Gasteiger partial charge is 0.338 e. The molecule has 2 N–H and O–H groups in total. The lowest BCUT2D eigenvalue weighted by Gasteiger charge is -2.14. The van der Waals surface area contributed by atoms with Gasteiger partial charge in [0.1, 0.15) is 0 Å². The second-order valence-corrected chi connectivity index (χ2v) is 7.81. The molecular formula is C19H22N2O5S. The second kappa shape index (κ2) is 8.22. The molecule has 2 aromatic rings. The van der Waals surface area contributed by atoms with E-state index in [4.69, 9.17) is 4.74 Å². The minimum Gasteiger partial charge on any atom is -0.462 e. The molecule has 0 radical (unpaired) electrons. The minimum absolute atomic E-state index is 0.258. The van der Waals surface area contributed by atoms with Crippen molar-refractivity contribution in [3.8, 4) is 0 Å². The SMILES string of the molecule is CCOC(=O)c1ccc(C)c(NC(=O)c2cccc(NS(C)(=O)=O)c2C)c1. The van der Waals surface area contributed by atoms with E-state index in [1.165, 1.54) is 0 Å². The quantitative estimate of drug-likeness (QED) is 0.738. The van der Waals surface area contributed by atoms with Crippen molar-refractivity contribution in [3.05, 3.63) is 58.7 Å². The predicted molar refractivity (Wildman–Crippen MR) is 105 cm³/mol. The zero-order chi connectivity index (χ0) is 20.2. The van der Waals surface area contributed by atoms with Gasteiger partial charge < -0.3 is 10.1 Å². The number of anilines is 2. The van der Waals surface area contributed by atoms with Crippen molar-refractivity contribution in [2.45, 2.75) is 20.8 Å². The second-order valence-electron chi connectivity index (χ2n) is 6.06. The molecule has 1 amide bonds. The van der Waals surface area contributed by atoms with E-state index in [0.29, 0.717) is 28.1 Å². The highest BCUT2D eigenvalue weighted by Crippen LogP contribution is 2.23. The van der Waals surface area contributed by atoms with Gasteiger partial charge in [-0.2, -0.15) is 0 Å². The minimum atomic E-state index is -3.46. The Morgan fingerprint density at radius 1 is 1.07 bits per heavy atom. The fourth-order valence-electron chi connectivity index (χ4n) is 2.48. The lowest BCUT2D eigenvalue weighted by Crippen LogP contribution is -2.17. The maximum atomic E-state index is 12.7. The van der Waals surface area contributed by atoms with Crippen LogP contribution in [0.2, 0.25) is 0 Å². The van der Waals surface area contributed by atoms with Crippen molar-refractivity contribution >= 4 is 33.3 Å². The molecule has 7 nitrogen and oxygen atoms in total. The van der Waals surface area contributed by atoms with Gasteiger partial charge in [0.25, 0.3) is 5.91 Å². The van der Waals surface area contributed by atoms with Crippen LogP contribution in [0.1, 0.15) is 38.8 Å². The van der Waals surface area contributed by atoms with Crippen LogP contribution in [0.25, 0.3) is 0 Å². The van der Waals surface area contributed by atoms with Crippen molar-refractivity contribution in [1.29, 1.82) is 0 Å². The molecule has 2 rings (SSSR count). The molecule has 0 saturated carbocycles. The highest BCUT2D eigenvalue weighted by Gasteiger charge is 2.16. The summed E-state index contributed by atoms with van der Waals surface area (Å²) in [6.07, 6.45) is 1.05. The molecule has 0 aliphatic heterocycles. The first kappa shape index (κ1) is 20.4. The molecule has 0 aromatic heterocycles. The van der Waals surface area contributed by atoms with E-state index in [9.17, 15) is 18.0 Å². The first-order valence-electron chi connectivity index (χ1n) is 8.29. The zero-order valence-electron chi connectivity index (χ0n) is 15.6. The van der Waals surface area contributed by atoms with Gasteiger partial charge in [-0.3, -0.25) is 9.52 Å². The first-order chi connectivity index (χ1) is 12.6. The molecule has 0 atom stereocenters. The average Bonchev–Trinajstić information content (AvgIpc) is 2.57. The topological polar surface area (TPSA) is 102 Å². The lowest BCUT2D eigenvalue weighted by molar-refractivity contribution is 0.0526. The Kier molecular flexibility index (Phi) is 6.22. The third kappa shape index (κ3) is 5.30.